The van der Waals surface area contributed by atoms with Gasteiger partial charge in [0.2, 0.25) is 0 Å². The molecule has 0 aliphatic heterocycles. The summed E-state index contributed by atoms with van der Waals surface area (Å²) in [5.74, 6) is 0.857. The molecule has 15 heavy (non-hydrogen) atoms. The fraction of sp³-hybridized carbons (Fsp3) is 0.273. The summed E-state index contributed by atoms with van der Waals surface area (Å²) in [5, 5.41) is 7.30. The predicted molar refractivity (Wildman–Crippen MR) is 58.9 cm³/mol. The first-order valence-corrected chi connectivity index (χ1v) is 4.92. The summed E-state index contributed by atoms with van der Waals surface area (Å²) in [4.78, 5) is 4.48. The topological polar surface area (TPSA) is 42.7 Å². The highest BCUT2D eigenvalue weighted by molar-refractivity contribution is 5.24. The van der Waals surface area contributed by atoms with Crippen molar-refractivity contribution in [2.45, 2.75) is 13.5 Å². The standard InChI is InChI=1S/C11H14N4/c1-9-6-13-15(8-9)11-5-3-4-10(14-11)7-12-2/h3-6,8,12H,7H2,1-2H3. The second-order valence-electron chi connectivity index (χ2n) is 3.48. The van der Waals surface area contributed by atoms with Crippen LogP contribution in [0.25, 0.3) is 5.82 Å². The van der Waals surface area contributed by atoms with Crippen LogP contribution in [0.15, 0.2) is 30.6 Å². The predicted octanol–water partition coefficient (Wildman–Crippen LogP) is 1.30. The molecule has 0 amide bonds. The summed E-state index contributed by atoms with van der Waals surface area (Å²) in [5.41, 5.74) is 2.15. The molecular weight excluding hydrogens is 188 g/mol. The van der Waals surface area contributed by atoms with Gasteiger partial charge in [0.25, 0.3) is 0 Å². The Kier molecular flexibility index (Phi) is 2.78. The zero-order chi connectivity index (χ0) is 10.7. The van der Waals surface area contributed by atoms with E-state index in [0.29, 0.717) is 0 Å². The van der Waals surface area contributed by atoms with Gasteiger partial charge >= 0.3 is 0 Å². The highest BCUT2D eigenvalue weighted by Crippen LogP contribution is 2.06. The molecule has 1 N–H and O–H groups in total. The van der Waals surface area contributed by atoms with Gasteiger partial charge in [0, 0.05) is 12.7 Å². The molecule has 0 spiro atoms. The molecule has 2 heterocycles. The van der Waals surface area contributed by atoms with E-state index in [2.05, 4.69) is 15.4 Å². The Morgan fingerprint density at radius 1 is 1.40 bits per heavy atom. The molecule has 0 aliphatic carbocycles. The van der Waals surface area contributed by atoms with Gasteiger partial charge in [0.15, 0.2) is 5.82 Å². The van der Waals surface area contributed by atoms with Crippen molar-refractivity contribution >= 4 is 0 Å². The molecule has 2 rings (SSSR count). The third-order valence-electron chi connectivity index (χ3n) is 2.10. The van der Waals surface area contributed by atoms with E-state index < -0.39 is 0 Å². The zero-order valence-corrected chi connectivity index (χ0v) is 8.94. The van der Waals surface area contributed by atoms with E-state index in [9.17, 15) is 0 Å². The smallest absolute Gasteiger partial charge is 0.153 e. The quantitative estimate of drug-likeness (QED) is 0.815. The minimum absolute atomic E-state index is 0.772. The average Bonchev–Trinajstić information content (AvgIpc) is 2.66. The molecule has 4 heteroatoms. The van der Waals surface area contributed by atoms with Gasteiger partial charge in [-0.3, -0.25) is 0 Å². The zero-order valence-electron chi connectivity index (χ0n) is 8.94. The molecule has 0 bridgehead atoms. The van der Waals surface area contributed by atoms with Crippen molar-refractivity contribution < 1.29 is 0 Å². The molecule has 0 saturated carbocycles. The number of aromatic nitrogens is 3. The van der Waals surface area contributed by atoms with Crippen molar-refractivity contribution in [2.75, 3.05) is 7.05 Å². The molecule has 0 atom stereocenters. The van der Waals surface area contributed by atoms with Crippen molar-refractivity contribution in [1.29, 1.82) is 0 Å². The number of rotatable bonds is 3. The van der Waals surface area contributed by atoms with E-state index >= 15 is 0 Å². The van der Waals surface area contributed by atoms with Crippen LogP contribution in [0.1, 0.15) is 11.3 Å². The maximum Gasteiger partial charge on any atom is 0.153 e. The molecule has 0 aliphatic rings. The Labute approximate surface area is 89.0 Å². The maximum absolute atomic E-state index is 4.48. The van der Waals surface area contributed by atoms with E-state index in [1.807, 2.05) is 44.6 Å². The lowest BCUT2D eigenvalue weighted by Crippen LogP contribution is -2.08. The molecule has 0 unspecified atom stereocenters. The molecule has 4 nitrogen and oxygen atoms in total. The van der Waals surface area contributed by atoms with E-state index in [4.69, 9.17) is 0 Å². The normalized spacial score (nSPS) is 10.5. The first kappa shape index (κ1) is 9.86. The molecule has 2 aromatic heterocycles. The fourth-order valence-electron chi connectivity index (χ4n) is 1.41. The minimum atomic E-state index is 0.772. The van der Waals surface area contributed by atoms with Gasteiger partial charge in [-0.2, -0.15) is 5.10 Å². The van der Waals surface area contributed by atoms with Crippen LogP contribution in [0.3, 0.4) is 0 Å². The lowest BCUT2D eigenvalue weighted by molar-refractivity contribution is 0.770. The first-order valence-electron chi connectivity index (χ1n) is 4.92. The van der Waals surface area contributed by atoms with Crippen molar-refractivity contribution in [2.24, 2.45) is 0 Å². The molecule has 2 aromatic rings. The number of nitrogens with one attached hydrogen (secondary N) is 1. The van der Waals surface area contributed by atoms with Crippen molar-refractivity contribution in [3.8, 4) is 5.82 Å². The molecule has 0 radical (unpaired) electrons. The number of hydrogen-bond acceptors (Lipinski definition) is 3. The average molecular weight is 202 g/mol. The van der Waals surface area contributed by atoms with Gasteiger partial charge < -0.3 is 5.32 Å². The van der Waals surface area contributed by atoms with Crippen LogP contribution in [0.5, 0.6) is 0 Å². The van der Waals surface area contributed by atoms with Crippen LogP contribution in [0, 0.1) is 6.92 Å². The van der Waals surface area contributed by atoms with Crippen LogP contribution >= 0.6 is 0 Å². The van der Waals surface area contributed by atoms with Crippen LogP contribution in [0.4, 0.5) is 0 Å². The van der Waals surface area contributed by atoms with Crippen molar-refractivity contribution in [3.05, 3.63) is 41.9 Å². The Balaban J connectivity index is 2.32. The van der Waals surface area contributed by atoms with Gasteiger partial charge in [-0.15, -0.1) is 0 Å². The number of hydrogen-bond donors (Lipinski definition) is 1. The number of aryl methyl sites for hydroxylation is 1. The van der Waals surface area contributed by atoms with E-state index in [1.165, 1.54) is 0 Å². The van der Waals surface area contributed by atoms with Crippen molar-refractivity contribution in [3.63, 3.8) is 0 Å². The highest BCUT2D eigenvalue weighted by Gasteiger charge is 2.00. The van der Waals surface area contributed by atoms with Crippen LogP contribution < -0.4 is 5.32 Å². The molecule has 78 valence electrons. The minimum Gasteiger partial charge on any atom is -0.314 e. The second-order valence-corrected chi connectivity index (χ2v) is 3.48. The second kappa shape index (κ2) is 4.23. The van der Waals surface area contributed by atoms with E-state index in [-0.39, 0.29) is 0 Å². The Morgan fingerprint density at radius 2 is 2.27 bits per heavy atom. The molecular formula is C11H14N4. The molecule has 0 saturated heterocycles. The van der Waals surface area contributed by atoms with Gasteiger partial charge in [-0.05, 0) is 31.7 Å². The summed E-state index contributed by atoms with van der Waals surface area (Å²) in [7, 11) is 1.91. The SMILES string of the molecule is CNCc1cccc(-n2cc(C)cn2)n1. The Hall–Kier alpha value is -1.68. The summed E-state index contributed by atoms with van der Waals surface area (Å²) < 4.78 is 1.79. The Bertz CT molecular complexity index is 447. The maximum atomic E-state index is 4.48. The van der Waals surface area contributed by atoms with E-state index in [0.717, 1.165) is 23.6 Å². The summed E-state index contributed by atoms with van der Waals surface area (Å²) >= 11 is 0. The van der Waals surface area contributed by atoms with Crippen LogP contribution in [-0.4, -0.2) is 21.8 Å². The highest BCUT2D eigenvalue weighted by atomic mass is 15.3. The van der Waals surface area contributed by atoms with Crippen molar-refractivity contribution in [1.82, 2.24) is 20.1 Å². The monoisotopic (exact) mass is 202 g/mol. The largest absolute Gasteiger partial charge is 0.314 e. The Morgan fingerprint density at radius 3 is 2.93 bits per heavy atom. The summed E-state index contributed by atoms with van der Waals surface area (Å²) in [6.07, 6.45) is 3.79. The van der Waals surface area contributed by atoms with Gasteiger partial charge in [0.05, 0.1) is 11.9 Å². The molecule has 0 aromatic carbocycles. The van der Waals surface area contributed by atoms with Gasteiger partial charge in [-0.1, -0.05) is 6.07 Å². The summed E-state index contributed by atoms with van der Waals surface area (Å²) in [6, 6.07) is 5.94. The van der Waals surface area contributed by atoms with Crippen LogP contribution in [-0.2, 0) is 6.54 Å². The lowest BCUT2D eigenvalue weighted by Gasteiger charge is -2.03. The van der Waals surface area contributed by atoms with E-state index in [1.54, 1.807) is 4.68 Å². The lowest BCUT2D eigenvalue weighted by atomic mass is 10.3. The van der Waals surface area contributed by atoms with Gasteiger partial charge in [0.1, 0.15) is 0 Å². The third-order valence-corrected chi connectivity index (χ3v) is 2.10. The third kappa shape index (κ3) is 2.22. The fourth-order valence-corrected chi connectivity index (χ4v) is 1.41. The van der Waals surface area contributed by atoms with Crippen LogP contribution in [0.2, 0.25) is 0 Å². The number of nitrogens with zero attached hydrogens (tertiary/aromatic N) is 3. The first-order chi connectivity index (χ1) is 7.29. The molecule has 0 fully saturated rings. The van der Waals surface area contributed by atoms with Gasteiger partial charge in [-0.25, -0.2) is 9.67 Å². The summed E-state index contributed by atoms with van der Waals surface area (Å²) in [6.45, 7) is 2.79. The number of pyridine rings is 1.